The topological polar surface area (TPSA) is 150 Å². The number of anilines is 2. The lowest BCUT2D eigenvalue weighted by Crippen LogP contribution is -2.26. The molecule has 0 radical (unpaired) electrons. The van der Waals surface area contributed by atoms with Gasteiger partial charge in [0, 0.05) is 89.7 Å². The predicted molar refractivity (Wildman–Crippen MR) is 225 cm³/mol. The van der Waals surface area contributed by atoms with Crippen LogP contribution in [0.5, 0.6) is 0 Å². The third kappa shape index (κ3) is 7.32. The molecule has 1 saturated carbocycles. The quantitative estimate of drug-likeness (QED) is 0.145. The molecule has 0 bridgehead atoms. The van der Waals surface area contributed by atoms with E-state index in [0.29, 0.717) is 6.54 Å². The molecule has 0 aromatic heterocycles. The minimum Gasteiger partial charge on any atom is -0.744 e. The van der Waals surface area contributed by atoms with Crippen LogP contribution in [0.2, 0.25) is 0 Å². The van der Waals surface area contributed by atoms with E-state index >= 15 is 0 Å². The Morgan fingerprint density at radius 1 is 0.649 bits per heavy atom. The standard InChI is InChI=1S/C45H48N4O6S2/c1-44(2)37-27-35(56(50,51)52)21-23-39(37)47(5)41(44)25-17-31-11-10-12-32(43(31)49(33-13-8-7-9-14-33)34-19-15-30(29-46)16-20-34)18-26-42-45(3,4)38-28-36(57(53,54)55)22-24-40(38)48(42)6/h7-9,13-28H,10-12,29,46H2,1-6H3,(H-,50,51,52,53,54,55)/p-1. The maximum atomic E-state index is 12.0. The van der Waals surface area contributed by atoms with Gasteiger partial charge in [-0.1, -0.05) is 70.2 Å². The Morgan fingerprint density at radius 2 is 1.09 bits per heavy atom. The zero-order chi connectivity index (χ0) is 41.1. The summed E-state index contributed by atoms with van der Waals surface area (Å²) in [5.74, 6) is 0. The van der Waals surface area contributed by atoms with Gasteiger partial charge >= 0.3 is 0 Å². The third-order valence-corrected chi connectivity index (χ3v) is 13.3. The lowest BCUT2D eigenvalue weighted by atomic mass is 9.82. The molecule has 3 aliphatic rings. The Balaban J connectivity index is 1.43. The van der Waals surface area contributed by atoms with E-state index in [-0.39, 0.29) is 9.79 Å². The fraction of sp³-hybridized carbons (Fsp3) is 0.267. The Bertz CT molecular complexity index is 2520. The summed E-state index contributed by atoms with van der Waals surface area (Å²) >= 11 is 0. The summed E-state index contributed by atoms with van der Waals surface area (Å²) in [5, 5.41) is 0. The first kappa shape index (κ1) is 40.1. The monoisotopic (exact) mass is 803 g/mol. The molecule has 0 amide bonds. The molecule has 0 saturated heterocycles. The molecule has 2 N–H and O–H groups in total. The fourth-order valence-corrected chi connectivity index (χ4v) is 9.58. The van der Waals surface area contributed by atoms with Gasteiger partial charge in [-0.05, 0) is 84.5 Å². The number of hydrogen-bond donors (Lipinski definition) is 1. The van der Waals surface area contributed by atoms with Crippen molar-refractivity contribution in [2.75, 3.05) is 23.9 Å². The van der Waals surface area contributed by atoms with Gasteiger partial charge in [-0.3, -0.25) is 0 Å². The molecule has 1 aliphatic carbocycles. The van der Waals surface area contributed by atoms with Gasteiger partial charge in [-0.2, -0.15) is 4.58 Å². The summed E-state index contributed by atoms with van der Waals surface area (Å²) < 4.78 is 74.2. The van der Waals surface area contributed by atoms with Crippen molar-refractivity contribution in [2.24, 2.45) is 5.73 Å². The Morgan fingerprint density at radius 3 is 1.51 bits per heavy atom. The molecule has 0 unspecified atom stereocenters. The highest BCUT2D eigenvalue weighted by Gasteiger charge is 2.40. The smallest absolute Gasteiger partial charge is 0.218 e. The van der Waals surface area contributed by atoms with E-state index in [9.17, 15) is 25.9 Å². The highest BCUT2D eigenvalue weighted by molar-refractivity contribution is 7.86. The van der Waals surface area contributed by atoms with Crippen LogP contribution in [0.15, 0.2) is 148 Å². The van der Waals surface area contributed by atoms with Gasteiger partial charge in [-0.25, -0.2) is 16.8 Å². The summed E-state index contributed by atoms with van der Waals surface area (Å²) in [6.45, 7) is 8.55. The van der Waals surface area contributed by atoms with E-state index in [4.69, 9.17) is 5.73 Å². The molecule has 7 rings (SSSR count). The molecular formula is C45H47N4O6S2-. The molecular weight excluding hydrogens is 757 g/mol. The van der Waals surface area contributed by atoms with Crippen LogP contribution in [0.25, 0.3) is 0 Å². The Hall–Kier alpha value is -5.11. The fourth-order valence-electron chi connectivity index (χ4n) is 8.59. The van der Waals surface area contributed by atoms with Crippen molar-refractivity contribution in [1.29, 1.82) is 0 Å². The summed E-state index contributed by atoms with van der Waals surface area (Å²) in [7, 11) is -5.36. The first-order valence-electron chi connectivity index (χ1n) is 18.9. The van der Waals surface area contributed by atoms with Gasteiger partial charge in [0.1, 0.15) is 20.2 Å². The maximum Gasteiger partial charge on any atom is 0.218 e. The van der Waals surface area contributed by atoms with Crippen molar-refractivity contribution >= 4 is 48.7 Å². The third-order valence-electron chi connectivity index (χ3n) is 11.6. The number of nitrogens with two attached hydrogens (primary N) is 1. The number of rotatable bonds is 7. The van der Waals surface area contributed by atoms with Crippen molar-refractivity contribution in [3.63, 3.8) is 0 Å². The van der Waals surface area contributed by atoms with E-state index in [1.807, 2.05) is 72.1 Å². The molecule has 10 nitrogen and oxygen atoms in total. The molecule has 4 aromatic carbocycles. The molecule has 12 heteroatoms. The number of para-hydroxylation sites is 1. The van der Waals surface area contributed by atoms with Crippen LogP contribution in [-0.4, -0.2) is 45.7 Å². The van der Waals surface area contributed by atoms with E-state index in [1.165, 1.54) is 24.3 Å². The van der Waals surface area contributed by atoms with Gasteiger partial charge in [0.2, 0.25) is 17.1 Å². The van der Waals surface area contributed by atoms with Crippen molar-refractivity contribution in [1.82, 2.24) is 4.58 Å². The van der Waals surface area contributed by atoms with Crippen LogP contribution in [0.1, 0.15) is 63.6 Å². The van der Waals surface area contributed by atoms with Gasteiger partial charge in [0.15, 0.2) is 0 Å². The van der Waals surface area contributed by atoms with Crippen molar-refractivity contribution < 1.29 is 25.9 Å². The second kappa shape index (κ2) is 14.7. The van der Waals surface area contributed by atoms with Crippen LogP contribution < -0.4 is 20.1 Å². The number of hydrogen-bond acceptors (Lipinski definition) is 9. The van der Waals surface area contributed by atoms with E-state index in [1.54, 1.807) is 12.1 Å². The number of nitrogens with zero attached hydrogens (tertiary/aromatic N) is 3. The Kier molecular flexibility index (Phi) is 10.3. The molecule has 0 atom stereocenters. The van der Waals surface area contributed by atoms with Gasteiger partial charge in [0.25, 0.3) is 0 Å². The van der Waals surface area contributed by atoms with Gasteiger partial charge in [0.05, 0.1) is 9.79 Å². The summed E-state index contributed by atoms with van der Waals surface area (Å²) in [6, 6.07) is 27.6. The number of likely N-dealkylation sites (N-methyl/N-ethyl adjacent to an activating group) is 2. The minimum absolute atomic E-state index is 0.247. The molecule has 2 heterocycles. The first-order chi connectivity index (χ1) is 26.8. The largest absolute Gasteiger partial charge is 0.744 e. The first-order valence-corrected chi connectivity index (χ1v) is 21.7. The van der Waals surface area contributed by atoms with Crippen molar-refractivity contribution in [3.05, 3.63) is 155 Å². The van der Waals surface area contributed by atoms with Crippen LogP contribution in [0.3, 0.4) is 0 Å². The van der Waals surface area contributed by atoms with Crippen LogP contribution >= 0.6 is 0 Å². The van der Waals surface area contributed by atoms with Crippen molar-refractivity contribution in [3.8, 4) is 0 Å². The number of fused-ring (bicyclic) bond motifs is 2. The molecule has 0 spiro atoms. The molecule has 4 aromatic rings. The van der Waals surface area contributed by atoms with Crippen LogP contribution in [0, 0.1) is 0 Å². The SMILES string of the molecule is CN1/C(=C\C=C2/CCC/C(=C\C=C3/N(C)c4ccc(S(=O)(=O)[O-])cc4C3(C)C)C2=[N+](c2ccccc2)c2ccc(CN)cc2)C(C)(C)c2cc(S(=O)(=O)[O-])ccc21. The normalized spacial score (nSPS) is 20.5. The number of benzene rings is 4. The summed E-state index contributed by atoms with van der Waals surface area (Å²) in [5.41, 5.74) is 16.1. The molecule has 2 aliphatic heterocycles. The highest BCUT2D eigenvalue weighted by Crippen LogP contribution is 2.49. The average molecular weight is 804 g/mol. The van der Waals surface area contributed by atoms with E-state index in [2.05, 4.69) is 62.9 Å². The maximum absolute atomic E-state index is 12.0. The van der Waals surface area contributed by atoms with Crippen LogP contribution in [0.4, 0.5) is 22.7 Å². The zero-order valence-corrected chi connectivity index (χ0v) is 34.6. The van der Waals surface area contributed by atoms with E-state index in [0.717, 1.165) is 87.0 Å². The number of allylic oxidation sites excluding steroid dienone is 8. The van der Waals surface area contributed by atoms with Crippen LogP contribution in [-0.2, 0) is 37.6 Å². The summed E-state index contributed by atoms with van der Waals surface area (Å²) in [4.78, 5) is 3.61. The zero-order valence-electron chi connectivity index (χ0n) is 33.0. The average Bonchev–Trinajstić information content (AvgIpc) is 3.49. The molecule has 57 heavy (non-hydrogen) atoms. The van der Waals surface area contributed by atoms with Gasteiger partial charge in [-0.15, -0.1) is 0 Å². The van der Waals surface area contributed by atoms with Gasteiger partial charge < -0.3 is 24.6 Å². The molecule has 1 fully saturated rings. The molecule has 296 valence electrons. The van der Waals surface area contributed by atoms with Crippen molar-refractivity contribution in [2.45, 2.75) is 74.1 Å². The second-order valence-electron chi connectivity index (χ2n) is 15.9. The summed E-state index contributed by atoms with van der Waals surface area (Å²) in [6.07, 6.45) is 11.0. The predicted octanol–water partition coefficient (Wildman–Crippen LogP) is 7.89. The van der Waals surface area contributed by atoms with E-state index < -0.39 is 31.1 Å². The minimum atomic E-state index is -4.63. The Labute approximate surface area is 336 Å². The highest BCUT2D eigenvalue weighted by atomic mass is 32.2. The lowest BCUT2D eigenvalue weighted by Gasteiger charge is -2.25. The second-order valence-corrected chi connectivity index (χ2v) is 18.6. The lowest BCUT2D eigenvalue weighted by molar-refractivity contribution is 0.460.